The SMILES string of the molecule is CNC(C)(C#N)CC(C)N(C)CC1CCCCO1. The summed E-state index contributed by atoms with van der Waals surface area (Å²) in [6, 6.07) is 2.72. The van der Waals surface area contributed by atoms with Crippen LogP contribution >= 0.6 is 0 Å². The minimum absolute atomic E-state index is 0.368. The monoisotopic (exact) mass is 253 g/mol. The lowest BCUT2D eigenvalue weighted by atomic mass is 9.94. The molecule has 0 amide bonds. The number of nitriles is 1. The van der Waals surface area contributed by atoms with Gasteiger partial charge in [0.15, 0.2) is 0 Å². The highest BCUT2D eigenvalue weighted by Crippen LogP contribution is 2.18. The molecule has 0 bridgehead atoms. The summed E-state index contributed by atoms with van der Waals surface area (Å²) in [5, 5.41) is 12.3. The van der Waals surface area contributed by atoms with Crippen molar-refractivity contribution in [3.63, 3.8) is 0 Å². The van der Waals surface area contributed by atoms with Crippen molar-refractivity contribution in [2.24, 2.45) is 0 Å². The van der Waals surface area contributed by atoms with Gasteiger partial charge < -0.3 is 15.0 Å². The quantitative estimate of drug-likeness (QED) is 0.783. The molecule has 0 spiro atoms. The van der Waals surface area contributed by atoms with Gasteiger partial charge in [-0.25, -0.2) is 0 Å². The van der Waals surface area contributed by atoms with Gasteiger partial charge in [0, 0.05) is 19.2 Å². The smallest absolute Gasteiger partial charge is 0.105 e. The van der Waals surface area contributed by atoms with E-state index in [9.17, 15) is 5.26 Å². The highest BCUT2D eigenvalue weighted by atomic mass is 16.5. The van der Waals surface area contributed by atoms with Crippen molar-refractivity contribution in [3.05, 3.63) is 0 Å². The number of ether oxygens (including phenoxy) is 1. The Labute approximate surface area is 111 Å². The number of hydrogen-bond donors (Lipinski definition) is 1. The van der Waals surface area contributed by atoms with Crippen LogP contribution in [0.25, 0.3) is 0 Å². The van der Waals surface area contributed by atoms with E-state index in [-0.39, 0.29) is 0 Å². The molecule has 0 aliphatic carbocycles. The second-order valence-corrected chi connectivity index (χ2v) is 5.68. The largest absolute Gasteiger partial charge is 0.377 e. The van der Waals surface area contributed by atoms with Gasteiger partial charge in [0.05, 0.1) is 12.2 Å². The predicted octanol–water partition coefficient (Wildman–Crippen LogP) is 1.77. The van der Waals surface area contributed by atoms with Crippen molar-refractivity contribution >= 4 is 0 Å². The molecule has 1 rings (SSSR count). The van der Waals surface area contributed by atoms with Crippen molar-refractivity contribution in [2.45, 2.75) is 57.2 Å². The normalized spacial score (nSPS) is 25.4. The molecule has 1 saturated heterocycles. The van der Waals surface area contributed by atoms with Crippen LogP contribution in [0.4, 0.5) is 0 Å². The van der Waals surface area contributed by atoms with Gasteiger partial charge in [-0.15, -0.1) is 0 Å². The molecule has 0 radical (unpaired) electrons. The average Bonchev–Trinajstić information content (AvgIpc) is 2.39. The molecule has 1 aliphatic heterocycles. The van der Waals surface area contributed by atoms with Crippen LogP contribution in [0, 0.1) is 11.3 Å². The molecule has 4 nitrogen and oxygen atoms in total. The first-order valence-electron chi connectivity index (χ1n) is 6.93. The van der Waals surface area contributed by atoms with E-state index >= 15 is 0 Å². The maximum Gasteiger partial charge on any atom is 0.105 e. The first-order valence-corrected chi connectivity index (χ1v) is 6.93. The summed E-state index contributed by atoms with van der Waals surface area (Å²) in [5.74, 6) is 0. The van der Waals surface area contributed by atoms with E-state index in [1.165, 1.54) is 19.3 Å². The van der Waals surface area contributed by atoms with Crippen molar-refractivity contribution in [1.29, 1.82) is 5.26 Å². The summed E-state index contributed by atoms with van der Waals surface area (Å²) >= 11 is 0. The summed E-state index contributed by atoms with van der Waals surface area (Å²) in [4.78, 5) is 2.31. The summed E-state index contributed by atoms with van der Waals surface area (Å²) < 4.78 is 5.76. The molecule has 3 atom stereocenters. The Kier molecular flexibility index (Phi) is 6.07. The van der Waals surface area contributed by atoms with Gasteiger partial charge in [-0.05, 0) is 53.6 Å². The minimum Gasteiger partial charge on any atom is -0.377 e. The lowest BCUT2D eigenvalue weighted by Gasteiger charge is -2.34. The molecule has 1 aliphatic rings. The number of nitrogens with one attached hydrogen (secondary N) is 1. The molecule has 0 aromatic rings. The van der Waals surface area contributed by atoms with E-state index in [1.54, 1.807) is 0 Å². The Morgan fingerprint density at radius 3 is 2.78 bits per heavy atom. The third-order valence-electron chi connectivity index (χ3n) is 4.02. The first kappa shape index (κ1) is 15.4. The molecule has 1 heterocycles. The van der Waals surface area contributed by atoms with E-state index < -0.39 is 5.54 Å². The number of nitrogens with zero attached hydrogens (tertiary/aromatic N) is 2. The molecule has 3 unspecified atom stereocenters. The molecular weight excluding hydrogens is 226 g/mol. The second-order valence-electron chi connectivity index (χ2n) is 5.68. The minimum atomic E-state index is -0.443. The number of likely N-dealkylation sites (N-methyl/N-ethyl adjacent to an activating group) is 1. The molecule has 1 fully saturated rings. The van der Waals surface area contributed by atoms with E-state index in [4.69, 9.17) is 4.74 Å². The fourth-order valence-electron chi connectivity index (χ4n) is 2.40. The fraction of sp³-hybridized carbons (Fsp3) is 0.929. The Morgan fingerprint density at radius 1 is 1.56 bits per heavy atom. The van der Waals surface area contributed by atoms with Gasteiger partial charge in [-0.2, -0.15) is 5.26 Å². The maximum absolute atomic E-state index is 9.18. The van der Waals surface area contributed by atoms with E-state index in [2.05, 4.69) is 30.3 Å². The van der Waals surface area contributed by atoms with Gasteiger partial charge in [0.2, 0.25) is 0 Å². The topological polar surface area (TPSA) is 48.3 Å². The molecule has 0 saturated carbocycles. The number of hydrogen-bond acceptors (Lipinski definition) is 4. The van der Waals surface area contributed by atoms with Crippen LogP contribution in [-0.4, -0.2) is 49.8 Å². The molecular formula is C14H27N3O. The summed E-state index contributed by atoms with van der Waals surface area (Å²) in [6.07, 6.45) is 4.83. The standard InChI is InChI=1S/C14H27N3O/c1-12(9-14(2,11-15)16-3)17(4)10-13-7-5-6-8-18-13/h12-13,16H,5-10H2,1-4H3. The van der Waals surface area contributed by atoms with Crippen LogP contribution in [-0.2, 0) is 4.74 Å². The highest BCUT2D eigenvalue weighted by Gasteiger charge is 2.27. The van der Waals surface area contributed by atoms with Gasteiger partial charge in [0.25, 0.3) is 0 Å². The van der Waals surface area contributed by atoms with E-state index in [1.807, 2.05) is 14.0 Å². The van der Waals surface area contributed by atoms with Crippen molar-refractivity contribution in [2.75, 3.05) is 27.2 Å². The summed E-state index contributed by atoms with van der Waals surface area (Å²) in [5.41, 5.74) is -0.443. The van der Waals surface area contributed by atoms with Crippen LogP contribution in [0.2, 0.25) is 0 Å². The first-order chi connectivity index (χ1) is 8.50. The van der Waals surface area contributed by atoms with Crippen LogP contribution in [0.15, 0.2) is 0 Å². The fourth-order valence-corrected chi connectivity index (χ4v) is 2.40. The molecule has 0 aromatic carbocycles. The van der Waals surface area contributed by atoms with Gasteiger partial charge in [0.1, 0.15) is 5.54 Å². The zero-order valence-corrected chi connectivity index (χ0v) is 12.2. The van der Waals surface area contributed by atoms with Crippen LogP contribution in [0.5, 0.6) is 0 Å². The third-order valence-corrected chi connectivity index (χ3v) is 4.02. The van der Waals surface area contributed by atoms with Gasteiger partial charge in [-0.3, -0.25) is 0 Å². The third kappa shape index (κ3) is 4.56. The number of rotatable bonds is 6. The van der Waals surface area contributed by atoms with Crippen LogP contribution < -0.4 is 5.32 Å². The second kappa shape index (κ2) is 7.08. The Hall–Kier alpha value is -0.630. The van der Waals surface area contributed by atoms with Crippen LogP contribution in [0.3, 0.4) is 0 Å². The lowest BCUT2D eigenvalue weighted by Crippen LogP contribution is -2.46. The van der Waals surface area contributed by atoms with Crippen molar-refractivity contribution in [3.8, 4) is 6.07 Å². The van der Waals surface area contributed by atoms with E-state index in [0.717, 1.165) is 19.6 Å². The molecule has 104 valence electrons. The lowest BCUT2D eigenvalue weighted by molar-refractivity contribution is -0.00852. The van der Waals surface area contributed by atoms with Gasteiger partial charge in [-0.1, -0.05) is 0 Å². The van der Waals surface area contributed by atoms with Gasteiger partial charge >= 0.3 is 0 Å². The Bertz CT molecular complexity index is 283. The molecule has 18 heavy (non-hydrogen) atoms. The molecule has 4 heteroatoms. The van der Waals surface area contributed by atoms with Crippen molar-refractivity contribution in [1.82, 2.24) is 10.2 Å². The Morgan fingerprint density at radius 2 is 2.28 bits per heavy atom. The highest BCUT2D eigenvalue weighted by molar-refractivity contribution is 5.04. The summed E-state index contributed by atoms with van der Waals surface area (Å²) in [6.45, 7) is 6.00. The zero-order valence-electron chi connectivity index (χ0n) is 12.2. The molecule has 1 N–H and O–H groups in total. The zero-order chi connectivity index (χ0) is 13.6. The Balaban J connectivity index is 2.40. The molecule has 0 aromatic heterocycles. The van der Waals surface area contributed by atoms with Crippen LogP contribution in [0.1, 0.15) is 39.5 Å². The average molecular weight is 253 g/mol. The van der Waals surface area contributed by atoms with E-state index in [0.29, 0.717) is 12.1 Å². The maximum atomic E-state index is 9.18. The predicted molar refractivity (Wildman–Crippen MR) is 73.4 cm³/mol. The van der Waals surface area contributed by atoms with Crippen molar-refractivity contribution < 1.29 is 4.74 Å². The summed E-state index contributed by atoms with van der Waals surface area (Å²) in [7, 11) is 3.97.